The SMILES string of the molecule is O=C(Cl)c1nccc(C(F)(F)F)c1C(F)(F)F. The molecule has 17 heavy (non-hydrogen) atoms. The van der Waals surface area contributed by atoms with Gasteiger partial charge in [0.1, 0.15) is 5.69 Å². The van der Waals surface area contributed by atoms with Gasteiger partial charge >= 0.3 is 12.4 Å². The Morgan fingerprint density at radius 1 is 1.12 bits per heavy atom. The van der Waals surface area contributed by atoms with Gasteiger partial charge in [-0.15, -0.1) is 0 Å². The molecule has 0 bridgehead atoms. The number of carbonyl (C=O) groups excluding carboxylic acids is 1. The van der Waals surface area contributed by atoms with Crippen LogP contribution in [-0.4, -0.2) is 10.2 Å². The molecule has 0 radical (unpaired) electrons. The molecule has 0 saturated carbocycles. The number of rotatable bonds is 1. The van der Waals surface area contributed by atoms with Crippen molar-refractivity contribution in [2.45, 2.75) is 12.4 Å². The quantitative estimate of drug-likeness (QED) is 0.581. The van der Waals surface area contributed by atoms with Gasteiger partial charge in [0.2, 0.25) is 0 Å². The van der Waals surface area contributed by atoms with E-state index >= 15 is 0 Å². The first-order chi connectivity index (χ1) is 7.55. The van der Waals surface area contributed by atoms with Gasteiger partial charge in [-0.3, -0.25) is 9.78 Å². The van der Waals surface area contributed by atoms with Gasteiger partial charge in [0.05, 0.1) is 11.1 Å². The van der Waals surface area contributed by atoms with Gasteiger partial charge in [-0.25, -0.2) is 0 Å². The largest absolute Gasteiger partial charge is 0.419 e. The normalized spacial score (nSPS) is 12.6. The molecule has 0 aliphatic carbocycles. The van der Waals surface area contributed by atoms with Crippen LogP contribution >= 0.6 is 11.6 Å². The predicted molar refractivity (Wildman–Crippen MR) is 44.4 cm³/mol. The van der Waals surface area contributed by atoms with Crippen LogP contribution in [0.2, 0.25) is 0 Å². The topological polar surface area (TPSA) is 30.0 Å². The van der Waals surface area contributed by atoms with Crippen molar-refractivity contribution in [1.29, 1.82) is 0 Å². The third kappa shape index (κ3) is 2.87. The molecular weight excluding hydrogens is 276 g/mol. The van der Waals surface area contributed by atoms with Crippen molar-refractivity contribution in [3.8, 4) is 0 Å². The molecule has 1 aromatic heterocycles. The molecule has 0 N–H and O–H groups in total. The van der Waals surface area contributed by atoms with E-state index in [4.69, 9.17) is 11.6 Å². The third-order valence-corrected chi connectivity index (χ3v) is 1.91. The molecule has 9 heteroatoms. The summed E-state index contributed by atoms with van der Waals surface area (Å²) in [4.78, 5) is 13.5. The number of aromatic nitrogens is 1. The Labute approximate surface area is 95.2 Å². The predicted octanol–water partition coefficient (Wildman–Crippen LogP) is 3.50. The van der Waals surface area contributed by atoms with E-state index in [1.165, 1.54) is 0 Å². The van der Waals surface area contributed by atoms with Crippen LogP contribution in [0.4, 0.5) is 26.3 Å². The lowest BCUT2D eigenvalue weighted by Gasteiger charge is -2.16. The minimum Gasteiger partial charge on any atom is -0.274 e. The Morgan fingerprint density at radius 3 is 2.00 bits per heavy atom. The molecule has 0 aliphatic rings. The summed E-state index contributed by atoms with van der Waals surface area (Å²) in [5.74, 6) is 0. The molecule has 0 aliphatic heterocycles. The monoisotopic (exact) mass is 277 g/mol. The summed E-state index contributed by atoms with van der Waals surface area (Å²) in [6.45, 7) is 0. The maximum atomic E-state index is 12.4. The molecular formula is C8H2ClF6NO. The molecule has 1 heterocycles. The summed E-state index contributed by atoms with van der Waals surface area (Å²) in [5.41, 5.74) is -5.63. The van der Waals surface area contributed by atoms with Gasteiger partial charge in [0.15, 0.2) is 0 Å². The number of pyridine rings is 1. The Kier molecular flexibility index (Phi) is 3.37. The molecule has 0 spiro atoms. The van der Waals surface area contributed by atoms with Gasteiger partial charge in [0.25, 0.3) is 5.24 Å². The van der Waals surface area contributed by atoms with E-state index < -0.39 is 34.4 Å². The summed E-state index contributed by atoms with van der Waals surface area (Å²) < 4.78 is 74.4. The number of hydrogen-bond donors (Lipinski definition) is 0. The zero-order valence-electron chi connectivity index (χ0n) is 7.66. The summed E-state index contributed by atoms with van der Waals surface area (Å²) in [5, 5.41) is -1.71. The van der Waals surface area contributed by atoms with Crippen molar-refractivity contribution >= 4 is 16.8 Å². The van der Waals surface area contributed by atoms with Crippen LogP contribution in [0.5, 0.6) is 0 Å². The lowest BCUT2D eigenvalue weighted by molar-refractivity contribution is -0.162. The smallest absolute Gasteiger partial charge is 0.274 e. The van der Waals surface area contributed by atoms with Crippen molar-refractivity contribution in [2.75, 3.05) is 0 Å². The third-order valence-electron chi connectivity index (χ3n) is 1.73. The molecule has 2 nitrogen and oxygen atoms in total. The van der Waals surface area contributed by atoms with Crippen LogP contribution in [-0.2, 0) is 12.4 Å². The van der Waals surface area contributed by atoms with Crippen molar-refractivity contribution in [1.82, 2.24) is 4.98 Å². The Balaban J connectivity index is 3.64. The fourth-order valence-electron chi connectivity index (χ4n) is 1.13. The Bertz CT molecular complexity index is 452. The number of nitrogens with zero attached hydrogens (tertiary/aromatic N) is 1. The number of halogens is 7. The molecule has 0 amide bonds. The van der Waals surface area contributed by atoms with Crippen LogP contribution in [0.1, 0.15) is 21.6 Å². The van der Waals surface area contributed by atoms with E-state index in [0.29, 0.717) is 6.20 Å². The van der Waals surface area contributed by atoms with E-state index in [-0.39, 0.29) is 6.07 Å². The average Bonchev–Trinajstić information content (AvgIpc) is 2.13. The standard InChI is InChI=1S/C8H2ClF6NO/c9-6(17)5-4(8(13,14)15)3(1-2-16-5)7(10,11)12/h1-2H. The first-order valence-electron chi connectivity index (χ1n) is 3.88. The average molecular weight is 278 g/mol. The van der Waals surface area contributed by atoms with Gasteiger partial charge in [-0.05, 0) is 17.7 Å². The molecule has 0 saturated heterocycles. The van der Waals surface area contributed by atoms with Crippen molar-refractivity contribution in [3.05, 3.63) is 29.1 Å². The molecule has 0 unspecified atom stereocenters. The van der Waals surface area contributed by atoms with Crippen molar-refractivity contribution in [2.24, 2.45) is 0 Å². The molecule has 0 aromatic carbocycles. The lowest BCUT2D eigenvalue weighted by Crippen LogP contribution is -2.21. The number of carbonyl (C=O) groups is 1. The molecule has 94 valence electrons. The van der Waals surface area contributed by atoms with Crippen molar-refractivity contribution in [3.63, 3.8) is 0 Å². The highest BCUT2D eigenvalue weighted by atomic mass is 35.5. The van der Waals surface area contributed by atoms with Gasteiger partial charge in [-0.2, -0.15) is 26.3 Å². The van der Waals surface area contributed by atoms with Crippen LogP contribution in [0.25, 0.3) is 0 Å². The van der Waals surface area contributed by atoms with E-state index in [0.717, 1.165) is 0 Å². The van der Waals surface area contributed by atoms with Crippen molar-refractivity contribution < 1.29 is 31.1 Å². The molecule has 1 rings (SSSR count). The van der Waals surface area contributed by atoms with E-state index in [1.54, 1.807) is 0 Å². The maximum Gasteiger partial charge on any atom is 0.419 e. The van der Waals surface area contributed by atoms with E-state index in [9.17, 15) is 31.1 Å². The summed E-state index contributed by atoms with van der Waals surface area (Å²) >= 11 is 4.77. The second-order valence-electron chi connectivity index (χ2n) is 2.85. The van der Waals surface area contributed by atoms with Gasteiger partial charge < -0.3 is 0 Å². The zero-order chi connectivity index (χ0) is 13.4. The second-order valence-corrected chi connectivity index (χ2v) is 3.19. The van der Waals surface area contributed by atoms with E-state index in [1.807, 2.05) is 0 Å². The zero-order valence-corrected chi connectivity index (χ0v) is 8.41. The highest BCUT2D eigenvalue weighted by Gasteiger charge is 2.46. The fraction of sp³-hybridized carbons (Fsp3) is 0.250. The number of hydrogen-bond acceptors (Lipinski definition) is 2. The molecule has 0 atom stereocenters. The second kappa shape index (κ2) is 4.17. The minimum absolute atomic E-state index is 0.131. The molecule has 1 aromatic rings. The highest BCUT2D eigenvalue weighted by Crippen LogP contribution is 2.41. The van der Waals surface area contributed by atoms with Crippen LogP contribution < -0.4 is 0 Å². The van der Waals surface area contributed by atoms with E-state index in [2.05, 4.69) is 4.98 Å². The summed E-state index contributed by atoms with van der Waals surface area (Å²) in [6, 6.07) is 0.131. The van der Waals surface area contributed by atoms with Crippen LogP contribution in [0.15, 0.2) is 12.3 Å². The first-order valence-corrected chi connectivity index (χ1v) is 4.26. The fourth-order valence-corrected chi connectivity index (χ4v) is 1.28. The maximum absolute atomic E-state index is 12.4. The van der Waals surface area contributed by atoms with Crippen LogP contribution in [0.3, 0.4) is 0 Å². The summed E-state index contributed by atoms with van der Waals surface area (Å²) in [7, 11) is 0. The van der Waals surface area contributed by atoms with Gasteiger partial charge in [0, 0.05) is 6.20 Å². The Morgan fingerprint density at radius 2 is 1.65 bits per heavy atom. The number of alkyl halides is 6. The highest BCUT2D eigenvalue weighted by molar-refractivity contribution is 6.67. The Hall–Kier alpha value is -1.31. The lowest BCUT2D eigenvalue weighted by atomic mass is 10.1. The van der Waals surface area contributed by atoms with Crippen LogP contribution in [0, 0.1) is 0 Å². The first kappa shape index (κ1) is 13.8. The minimum atomic E-state index is -5.38. The summed E-state index contributed by atoms with van der Waals surface area (Å²) in [6.07, 6.45) is -10.2. The molecule has 0 fully saturated rings. The van der Waals surface area contributed by atoms with Gasteiger partial charge in [-0.1, -0.05) is 0 Å².